The van der Waals surface area contributed by atoms with E-state index in [4.69, 9.17) is 16.4 Å². The van der Waals surface area contributed by atoms with Gasteiger partial charge in [-0.2, -0.15) is 0 Å². The van der Waals surface area contributed by atoms with E-state index < -0.39 is 8.07 Å². The van der Waals surface area contributed by atoms with E-state index >= 15 is 0 Å². The van der Waals surface area contributed by atoms with Gasteiger partial charge in [0.15, 0.2) is 0 Å². The normalized spacial score (nSPS) is 13.5. The van der Waals surface area contributed by atoms with Gasteiger partial charge in [0, 0.05) is 22.2 Å². The van der Waals surface area contributed by atoms with Crippen molar-refractivity contribution in [2.75, 3.05) is 0 Å². The molecule has 5 heteroatoms. The van der Waals surface area contributed by atoms with Gasteiger partial charge < -0.3 is 9.97 Å². The lowest BCUT2D eigenvalue weighted by atomic mass is 9.78. The summed E-state index contributed by atoms with van der Waals surface area (Å²) in [4.78, 5) is 18.8. The Morgan fingerprint density at radius 3 is 1.08 bits per heavy atom. The Bertz CT molecular complexity index is 2800. The number of nitrogens with one attached hydrogen (secondary N) is 2. The van der Waals surface area contributed by atoms with Crippen molar-refractivity contribution < 1.29 is 0 Å². The van der Waals surface area contributed by atoms with Crippen molar-refractivity contribution in [1.82, 2.24) is 19.9 Å². The predicted molar refractivity (Wildman–Crippen MR) is 290 cm³/mol. The second-order valence-electron chi connectivity index (χ2n) is 23.9. The number of H-pyrrole nitrogens is 2. The summed E-state index contributed by atoms with van der Waals surface area (Å²) < 4.78 is 0. The van der Waals surface area contributed by atoms with E-state index in [-0.39, 0.29) is 21.7 Å². The van der Waals surface area contributed by atoms with E-state index in [1.807, 2.05) is 0 Å². The molecule has 2 aliphatic rings. The smallest absolute Gasteiger partial charge is 0.146 e. The molecule has 2 aliphatic heterocycles. The summed E-state index contributed by atoms with van der Waals surface area (Å²) in [6.45, 7) is 41.7. The van der Waals surface area contributed by atoms with Crippen molar-refractivity contribution in [3.05, 3.63) is 117 Å². The minimum Gasteiger partial charge on any atom is -0.354 e. The fraction of sp³-hybridized carbons (Fsp3) is 0.410. The van der Waals surface area contributed by atoms with Crippen LogP contribution in [0.3, 0.4) is 0 Å². The van der Waals surface area contributed by atoms with Gasteiger partial charge in [0.1, 0.15) is 8.07 Å². The summed E-state index contributed by atoms with van der Waals surface area (Å²) in [5.41, 5.74) is 23.1. The summed E-state index contributed by atoms with van der Waals surface area (Å²) in [6, 6.07) is 22.7. The highest BCUT2D eigenvalue weighted by Gasteiger charge is 2.42. The molecule has 0 fully saturated rings. The second kappa shape index (κ2) is 17.2. The monoisotopic (exact) mass is 891 g/mol. The topological polar surface area (TPSA) is 57.4 Å². The molecule has 0 aliphatic carbocycles. The quantitative estimate of drug-likeness (QED) is 0.134. The zero-order valence-corrected chi connectivity index (χ0v) is 44.3. The fourth-order valence-corrected chi connectivity index (χ4v) is 15.2. The number of nitrogens with zero attached hydrogens (tertiary/aromatic N) is 2. The van der Waals surface area contributed by atoms with Gasteiger partial charge in [-0.1, -0.05) is 173 Å². The molecule has 4 nitrogen and oxygen atoms in total. The van der Waals surface area contributed by atoms with Crippen LogP contribution in [0.4, 0.5) is 0 Å². The Morgan fingerprint density at radius 1 is 0.455 bits per heavy atom. The average Bonchev–Trinajstić information content (AvgIpc) is 4.05. The molecule has 2 N–H and O–H groups in total. The van der Waals surface area contributed by atoms with Crippen LogP contribution in [-0.4, -0.2) is 28.0 Å². The van der Waals surface area contributed by atoms with Crippen LogP contribution in [0.1, 0.15) is 181 Å². The van der Waals surface area contributed by atoms with E-state index in [1.165, 1.54) is 22.3 Å². The summed E-state index contributed by atoms with van der Waals surface area (Å²) in [7, 11) is -2.16. The van der Waals surface area contributed by atoms with Gasteiger partial charge in [-0.15, -0.1) is 12.0 Å². The maximum absolute atomic E-state index is 6.47. The van der Waals surface area contributed by atoms with Crippen LogP contribution >= 0.6 is 0 Å². The van der Waals surface area contributed by atoms with Gasteiger partial charge in [0.25, 0.3) is 0 Å². The first-order chi connectivity index (χ1) is 30.6. The molecule has 66 heavy (non-hydrogen) atoms. The molecule has 3 aromatic heterocycles. The molecule has 0 saturated carbocycles. The van der Waals surface area contributed by atoms with E-state index in [9.17, 15) is 0 Å². The Kier molecular flexibility index (Phi) is 12.6. The molecule has 0 unspecified atom stereocenters. The molecule has 0 radical (unpaired) electrons. The average molecular weight is 891 g/mol. The van der Waals surface area contributed by atoms with Gasteiger partial charge >= 0.3 is 0 Å². The first-order valence-corrected chi connectivity index (χ1v) is 26.4. The lowest BCUT2D eigenvalue weighted by molar-refractivity contribution is 0.568. The molecule has 7 rings (SSSR count). The molecule has 342 valence electrons. The van der Waals surface area contributed by atoms with E-state index in [1.54, 1.807) is 0 Å². The maximum Gasteiger partial charge on any atom is 0.146 e. The van der Waals surface area contributed by atoms with Crippen molar-refractivity contribution in [2.24, 2.45) is 0 Å². The Morgan fingerprint density at radius 2 is 0.773 bits per heavy atom. The van der Waals surface area contributed by atoms with E-state index in [0.717, 1.165) is 78.2 Å². The molecule has 5 aromatic rings. The zero-order valence-electron chi connectivity index (χ0n) is 43.3. The molecule has 8 bridgehead atoms. The van der Waals surface area contributed by atoms with Crippen molar-refractivity contribution in [2.45, 2.75) is 163 Å². The highest BCUT2D eigenvalue weighted by Crippen LogP contribution is 2.43. The molecular formula is C61H74N4Si. The number of hydrogen-bond acceptors (Lipinski definition) is 2. The largest absolute Gasteiger partial charge is 0.354 e. The zero-order chi connectivity index (χ0) is 48.5. The van der Waals surface area contributed by atoms with E-state index in [2.05, 4.69) is 237 Å². The van der Waals surface area contributed by atoms with Crippen LogP contribution < -0.4 is 0 Å². The standard InChI is InChI=1S/C61H74N4Si/c1-20-46-48-21-25-52(62-48)56(40-31-42(58(8,9)10)35-43(32-40)59(11,12)13)54-27-23-50(64-54)47(29-30-66(37(2)3,38(4)5)39(6)7)51-24-28-55(65-51)57(53-26-22-49(46)63-53)41-33-44(60(14,15)16)36-45(34-41)61(17,18)19/h1,21-28,31-39,62-63H,2-19H3. The molecule has 0 atom stereocenters. The second-order valence-corrected chi connectivity index (χ2v) is 29.5. The fourth-order valence-electron chi connectivity index (χ4n) is 9.98. The number of fused-ring (bicyclic) bond motifs is 8. The minimum atomic E-state index is -2.16. The Balaban J connectivity index is 1.72. The van der Waals surface area contributed by atoms with E-state index in [0.29, 0.717) is 16.6 Å². The van der Waals surface area contributed by atoms with Crippen molar-refractivity contribution in [3.63, 3.8) is 0 Å². The van der Waals surface area contributed by atoms with Gasteiger partial charge in [0.05, 0.1) is 44.9 Å². The van der Waals surface area contributed by atoms with Gasteiger partial charge in [0.2, 0.25) is 0 Å². The number of rotatable bonds is 5. The van der Waals surface area contributed by atoms with Crippen LogP contribution in [0.2, 0.25) is 16.6 Å². The summed E-state index contributed by atoms with van der Waals surface area (Å²) >= 11 is 0. The maximum atomic E-state index is 6.47. The third kappa shape index (κ3) is 9.22. The molecule has 0 spiro atoms. The highest BCUT2D eigenvalue weighted by atomic mass is 28.3. The summed E-state index contributed by atoms with van der Waals surface area (Å²) in [6.07, 6.45) is 15.1. The van der Waals surface area contributed by atoms with Crippen LogP contribution in [0.25, 0.3) is 68.6 Å². The number of hydrogen-bond donors (Lipinski definition) is 2. The molecular weight excluding hydrogens is 817 g/mol. The molecule has 5 heterocycles. The third-order valence-electron chi connectivity index (χ3n) is 14.1. The van der Waals surface area contributed by atoms with Crippen molar-refractivity contribution in [3.8, 4) is 46.1 Å². The lowest BCUT2D eigenvalue weighted by Crippen LogP contribution is -2.43. The van der Waals surface area contributed by atoms with Crippen LogP contribution in [0.5, 0.6) is 0 Å². The molecule has 0 saturated heterocycles. The first-order valence-electron chi connectivity index (χ1n) is 24.1. The SMILES string of the molecule is C#Cc1c2ccc([nH]2)c(-c2cc(C(C)(C)C)cc(C(C)(C)C)c2)c2nc(c(C#C[Si](C(C)C)(C(C)C)C(C)C)c3nc(c(-c4cc(C(C)(C)C)cc(C(C)(C)C)c4)c4ccc1[nH]4)C=C3)C=C2. The van der Waals surface area contributed by atoms with Crippen LogP contribution in [-0.2, 0) is 21.7 Å². The molecule has 0 amide bonds. The van der Waals surface area contributed by atoms with Crippen molar-refractivity contribution >= 4 is 54.4 Å². The Hall–Kier alpha value is -5.62. The van der Waals surface area contributed by atoms with Gasteiger partial charge in [-0.25, -0.2) is 9.97 Å². The summed E-state index contributed by atoms with van der Waals surface area (Å²) in [5, 5.41) is 0. The van der Waals surface area contributed by atoms with Gasteiger partial charge in [-0.05, 0) is 120 Å². The number of benzene rings is 2. The van der Waals surface area contributed by atoms with Crippen molar-refractivity contribution in [1.29, 1.82) is 0 Å². The number of aromatic nitrogens is 4. The molecule has 2 aromatic carbocycles. The predicted octanol–water partition coefficient (Wildman–Crippen LogP) is 16.7. The van der Waals surface area contributed by atoms with Crippen LogP contribution in [0.15, 0.2) is 60.7 Å². The number of terminal acetylenes is 1. The number of aromatic amines is 2. The highest BCUT2D eigenvalue weighted by molar-refractivity contribution is 6.90. The van der Waals surface area contributed by atoms with Crippen LogP contribution in [0, 0.1) is 23.8 Å². The third-order valence-corrected chi connectivity index (χ3v) is 20.4. The first kappa shape index (κ1) is 48.3. The lowest BCUT2D eigenvalue weighted by Gasteiger charge is -2.38. The minimum absolute atomic E-state index is 0.0777. The van der Waals surface area contributed by atoms with Gasteiger partial charge in [-0.3, -0.25) is 0 Å². The Labute approximate surface area is 398 Å². The summed E-state index contributed by atoms with van der Waals surface area (Å²) in [5.74, 6) is 6.95.